The molecular weight excluding hydrogens is 401 g/mol. The molecule has 0 spiro atoms. The number of hydrogen-bond donors (Lipinski definition) is 1. The van der Waals surface area contributed by atoms with Crippen LogP contribution in [-0.2, 0) is 22.1 Å². The normalized spacial score (nSPS) is 21.5. The van der Waals surface area contributed by atoms with Crippen LogP contribution in [-0.4, -0.2) is 67.1 Å². The van der Waals surface area contributed by atoms with Crippen molar-refractivity contribution in [3.63, 3.8) is 0 Å². The van der Waals surface area contributed by atoms with E-state index in [0.717, 1.165) is 12.3 Å². The van der Waals surface area contributed by atoms with E-state index in [1.54, 1.807) is 0 Å². The fraction of sp³-hybridized carbons (Fsp3) is 0.526. The monoisotopic (exact) mass is 422 g/mol. The zero-order chi connectivity index (χ0) is 20.9. The maximum Gasteiger partial charge on any atom is 0.417 e. The Kier molecular flexibility index (Phi) is 4.66. The van der Waals surface area contributed by atoms with E-state index in [9.17, 15) is 13.2 Å². The molecule has 0 unspecified atom stereocenters. The number of ether oxygens (including phenoxy) is 2. The third-order valence-electron chi connectivity index (χ3n) is 5.69. The van der Waals surface area contributed by atoms with Crippen molar-refractivity contribution in [2.24, 2.45) is 0 Å². The lowest BCUT2D eigenvalue weighted by molar-refractivity contribution is -0.137. The maximum absolute atomic E-state index is 13.8. The van der Waals surface area contributed by atoms with E-state index in [1.165, 1.54) is 0 Å². The molecule has 2 fully saturated rings. The lowest BCUT2D eigenvalue weighted by Crippen LogP contribution is -2.43. The summed E-state index contributed by atoms with van der Waals surface area (Å²) in [6.07, 6.45) is -2.90. The largest absolute Gasteiger partial charge is 0.417 e. The molecule has 8 nitrogen and oxygen atoms in total. The number of halogens is 3. The fourth-order valence-corrected chi connectivity index (χ4v) is 4.25. The number of rotatable bonds is 2. The van der Waals surface area contributed by atoms with E-state index in [2.05, 4.69) is 14.9 Å². The molecule has 0 aromatic carbocycles. The number of nitrogens with two attached hydrogens (primary N) is 1. The van der Waals surface area contributed by atoms with Gasteiger partial charge in [-0.2, -0.15) is 18.2 Å². The Bertz CT molecular complexity index is 964. The zero-order valence-electron chi connectivity index (χ0n) is 16.2. The Morgan fingerprint density at radius 1 is 1.07 bits per heavy atom. The average molecular weight is 422 g/mol. The van der Waals surface area contributed by atoms with E-state index in [1.807, 2.05) is 4.90 Å². The molecular formula is C19H21F3N6O2. The van der Waals surface area contributed by atoms with Gasteiger partial charge in [-0.25, -0.2) is 9.97 Å². The van der Waals surface area contributed by atoms with Crippen molar-refractivity contribution in [3.05, 3.63) is 23.4 Å². The first-order valence-corrected chi connectivity index (χ1v) is 9.83. The first kappa shape index (κ1) is 19.3. The second-order valence-corrected chi connectivity index (χ2v) is 7.55. The highest BCUT2D eigenvalue weighted by Gasteiger charge is 2.40. The van der Waals surface area contributed by atoms with Crippen LogP contribution in [0.2, 0.25) is 0 Å². The van der Waals surface area contributed by atoms with E-state index in [-0.39, 0.29) is 23.1 Å². The molecule has 3 aliphatic rings. The lowest BCUT2D eigenvalue weighted by Gasteiger charge is -2.32. The van der Waals surface area contributed by atoms with Gasteiger partial charge in [-0.1, -0.05) is 0 Å². The summed E-state index contributed by atoms with van der Waals surface area (Å²) in [5.74, 6) is 0.903. The van der Waals surface area contributed by atoms with E-state index >= 15 is 0 Å². The van der Waals surface area contributed by atoms with Crippen LogP contribution < -0.4 is 15.5 Å². The molecule has 0 aliphatic carbocycles. The standard InChI is InChI=1S/C19H21F3N6O2/c20-19(21,22)14-8-15(23)24-9-13(14)16-12-7-11-10-30-6-3-28(11)17(12)26-18(25-16)27-1-4-29-5-2-27/h8-9,11H,1-7,10H2,(H2,23,24)/t11-/m1/s1. The highest BCUT2D eigenvalue weighted by molar-refractivity contribution is 5.76. The molecule has 2 aromatic rings. The summed E-state index contributed by atoms with van der Waals surface area (Å²) in [7, 11) is 0. The summed E-state index contributed by atoms with van der Waals surface area (Å²) in [5.41, 5.74) is 5.60. The van der Waals surface area contributed by atoms with Crippen molar-refractivity contribution in [1.29, 1.82) is 0 Å². The summed E-state index contributed by atoms with van der Waals surface area (Å²) in [6.45, 7) is 3.91. The Morgan fingerprint density at radius 3 is 2.60 bits per heavy atom. The molecule has 0 saturated carbocycles. The Labute approximate surface area is 170 Å². The van der Waals surface area contributed by atoms with Gasteiger partial charge in [0.05, 0.1) is 43.7 Å². The summed E-state index contributed by atoms with van der Waals surface area (Å²) >= 11 is 0. The van der Waals surface area contributed by atoms with E-state index < -0.39 is 11.7 Å². The maximum atomic E-state index is 13.8. The van der Waals surface area contributed by atoms with Crippen molar-refractivity contribution in [1.82, 2.24) is 15.0 Å². The predicted octanol–water partition coefficient (Wildman–Crippen LogP) is 1.74. The summed E-state index contributed by atoms with van der Waals surface area (Å²) < 4.78 is 52.5. The van der Waals surface area contributed by atoms with Gasteiger partial charge in [0.2, 0.25) is 5.95 Å². The zero-order valence-corrected chi connectivity index (χ0v) is 16.2. The minimum Gasteiger partial charge on any atom is -0.384 e. The summed E-state index contributed by atoms with van der Waals surface area (Å²) in [6, 6.07) is 0.904. The molecule has 0 bridgehead atoms. The highest BCUT2D eigenvalue weighted by atomic mass is 19.4. The van der Waals surface area contributed by atoms with Crippen molar-refractivity contribution in [2.75, 3.05) is 61.6 Å². The van der Waals surface area contributed by atoms with Crippen molar-refractivity contribution < 1.29 is 22.6 Å². The molecule has 5 heterocycles. The number of pyridine rings is 1. The number of nitrogen functional groups attached to an aromatic ring is 1. The van der Waals surface area contributed by atoms with Crippen LogP contribution in [0.1, 0.15) is 11.1 Å². The van der Waals surface area contributed by atoms with Crippen LogP contribution >= 0.6 is 0 Å². The van der Waals surface area contributed by atoms with Gasteiger partial charge in [-0.3, -0.25) is 0 Å². The number of anilines is 3. The van der Waals surface area contributed by atoms with E-state index in [4.69, 9.17) is 20.2 Å². The molecule has 11 heteroatoms. The van der Waals surface area contributed by atoms with Crippen molar-refractivity contribution >= 4 is 17.6 Å². The second-order valence-electron chi connectivity index (χ2n) is 7.55. The lowest BCUT2D eigenvalue weighted by atomic mass is 10.0. The van der Waals surface area contributed by atoms with Gasteiger partial charge < -0.3 is 25.0 Å². The predicted molar refractivity (Wildman–Crippen MR) is 103 cm³/mol. The first-order valence-electron chi connectivity index (χ1n) is 9.83. The molecule has 5 rings (SSSR count). The molecule has 1 atom stereocenters. The van der Waals surface area contributed by atoms with Crippen LogP contribution in [0.15, 0.2) is 12.3 Å². The molecule has 2 aromatic heterocycles. The molecule has 160 valence electrons. The summed E-state index contributed by atoms with van der Waals surface area (Å²) in [4.78, 5) is 17.4. The molecule has 0 radical (unpaired) electrons. The Balaban J connectivity index is 1.70. The van der Waals surface area contributed by atoms with Crippen LogP contribution in [0.4, 0.5) is 30.8 Å². The van der Waals surface area contributed by atoms with Crippen LogP contribution in [0.25, 0.3) is 11.3 Å². The number of alkyl halides is 3. The smallest absolute Gasteiger partial charge is 0.384 e. The number of fused-ring (bicyclic) bond motifs is 3. The fourth-order valence-electron chi connectivity index (χ4n) is 4.25. The molecule has 0 amide bonds. The topological polar surface area (TPSA) is 89.6 Å². The van der Waals surface area contributed by atoms with Gasteiger partial charge in [-0.15, -0.1) is 0 Å². The van der Waals surface area contributed by atoms with Gasteiger partial charge in [-0.05, 0) is 6.07 Å². The SMILES string of the molecule is Nc1cc(C(F)(F)F)c(-c2nc(N3CCOCC3)nc3c2C[C@@H]2COCCN32)cn1. The minimum absolute atomic E-state index is 0.0396. The number of nitrogens with zero attached hydrogens (tertiary/aromatic N) is 5. The number of aromatic nitrogens is 3. The van der Waals surface area contributed by atoms with Crippen LogP contribution in [0, 0.1) is 0 Å². The first-order chi connectivity index (χ1) is 14.4. The van der Waals surface area contributed by atoms with Gasteiger partial charge in [0.25, 0.3) is 0 Å². The van der Waals surface area contributed by atoms with Crippen LogP contribution in [0.5, 0.6) is 0 Å². The Hall–Kier alpha value is -2.66. The molecule has 3 aliphatic heterocycles. The molecule has 2 saturated heterocycles. The average Bonchev–Trinajstić information content (AvgIpc) is 3.12. The third kappa shape index (κ3) is 3.31. The van der Waals surface area contributed by atoms with Gasteiger partial charge in [0.1, 0.15) is 11.6 Å². The number of morpholine rings is 2. The quantitative estimate of drug-likeness (QED) is 0.783. The van der Waals surface area contributed by atoms with Crippen molar-refractivity contribution in [2.45, 2.75) is 18.6 Å². The Morgan fingerprint density at radius 2 is 1.83 bits per heavy atom. The second kappa shape index (κ2) is 7.24. The van der Waals surface area contributed by atoms with Gasteiger partial charge in [0.15, 0.2) is 0 Å². The molecule has 30 heavy (non-hydrogen) atoms. The molecule has 2 N–H and O–H groups in total. The van der Waals surface area contributed by atoms with E-state index in [0.29, 0.717) is 69.8 Å². The van der Waals surface area contributed by atoms with Gasteiger partial charge in [0, 0.05) is 43.4 Å². The third-order valence-corrected chi connectivity index (χ3v) is 5.69. The van der Waals surface area contributed by atoms with Gasteiger partial charge >= 0.3 is 6.18 Å². The van der Waals surface area contributed by atoms with Crippen LogP contribution in [0.3, 0.4) is 0 Å². The summed E-state index contributed by atoms with van der Waals surface area (Å²) in [5, 5.41) is 0. The highest BCUT2D eigenvalue weighted by Crippen LogP contribution is 2.43. The van der Waals surface area contributed by atoms with Crippen molar-refractivity contribution in [3.8, 4) is 11.3 Å². The minimum atomic E-state index is -4.59. The number of hydrogen-bond acceptors (Lipinski definition) is 8.